The van der Waals surface area contributed by atoms with Crippen LogP contribution in [0.15, 0.2) is 48.5 Å². The molecule has 2 aromatic heterocycles. The first-order chi connectivity index (χ1) is 14.5. The van der Waals surface area contributed by atoms with Crippen LogP contribution in [-0.2, 0) is 20.0 Å². The van der Waals surface area contributed by atoms with Crippen LogP contribution in [0.2, 0.25) is 0 Å². The topological polar surface area (TPSA) is 113 Å². The van der Waals surface area contributed by atoms with Gasteiger partial charge in [-0.1, -0.05) is 31.2 Å². The van der Waals surface area contributed by atoms with Crippen molar-refractivity contribution in [1.29, 1.82) is 0 Å². The van der Waals surface area contributed by atoms with Gasteiger partial charge in [0.25, 0.3) is 0 Å². The summed E-state index contributed by atoms with van der Waals surface area (Å²) in [5.74, 6) is 0.387. The van der Waals surface area contributed by atoms with Gasteiger partial charge in [-0.15, -0.1) is 0 Å². The van der Waals surface area contributed by atoms with Gasteiger partial charge in [0.2, 0.25) is 0 Å². The molecule has 2 heterocycles. The van der Waals surface area contributed by atoms with E-state index in [9.17, 15) is 9.90 Å². The van der Waals surface area contributed by atoms with Crippen LogP contribution in [0, 0.1) is 0 Å². The summed E-state index contributed by atoms with van der Waals surface area (Å²) in [5.41, 5.74) is 3.52. The zero-order chi connectivity index (χ0) is 21.3. The number of phenolic OH excluding ortho intramolecular Hbond substituents is 1. The maximum absolute atomic E-state index is 11.1. The van der Waals surface area contributed by atoms with Gasteiger partial charge < -0.3 is 15.5 Å². The average Bonchev–Trinajstić information content (AvgIpc) is 3.09. The Balaban J connectivity index is 1.77. The van der Waals surface area contributed by atoms with Gasteiger partial charge in [0.1, 0.15) is 11.6 Å². The molecule has 152 valence electrons. The molecule has 8 nitrogen and oxygen atoms in total. The highest BCUT2D eigenvalue weighted by Crippen LogP contribution is 2.28. The fourth-order valence-corrected chi connectivity index (χ4v) is 3.29. The number of fused-ring (bicyclic) bond motifs is 1. The molecular formula is C22H21N5O3. The standard InChI is InChI=1S/C22H21N5O3/c1-3-17-18-20(23-12-13-4-10-16(28)11-5-13)24-19(25-21(18)27(2)26-17)14-6-8-15(9-7-14)22(29)30/h4-11,28H,3,12H2,1-2H3,(H,29,30)(H,23,24,25). The number of carbonyl (C=O) groups is 1. The first-order valence-corrected chi connectivity index (χ1v) is 9.55. The van der Waals surface area contributed by atoms with E-state index in [2.05, 4.69) is 15.4 Å². The van der Waals surface area contributed by atoms with Crippen molar-refractivity contribution in [2.75, 3.05) is 5.32 Å². The number of aromatic hydroxyl groups is 1. The van der Waals surface area contributed by atoms with E-state index >= 15 is 0 Å². The van der Waals surface area contributed by atoms with Crippen molar-refractivity contribution in [2.45, 2.75) is 19.9 Å². The molecule has 30 heavy (non-hydrogen) atoms. The molecule has 0 bridgehead atoms. The minimum Gasteiger partial charge on any atom is -0.508 e. The van der Waals surface area contributed by atoms with Gasteiger partial charge in [0.05, 0.1) is 16.6 Å². The van der Waals surface area contributed by atoms with Crippen LogP contribution in [0.1, 0.15) is 28.5 Å². The highest BCUT2D eigenvalue weighted by molar-refractivity contribution is 5.91. The third-order valence-electron chi connectivity index (χ3n) is 4.88. The van der Waals surface area contributed by atoms with Gasteiger partial charge in [0, 0.05) is 19.2 Å². The molecule has 0 saturated heterocycles. The fourth-order valence-electron chi connectivity index (χ4n) is 3.29. The Morgan fingerprint density at radius 3 is 2.40 bits per heavy atom. The quantitative estimate of drug-likeness (QED) is 0.451. The number of carboxylic acid groups (broad SMARTS) is 1. The maximum atomic E-state index is 11.1. The molecule has 0 atom stereocenters. The normalized spacial score (nSPS) is 11.0. The molecule has 0 saturated carbocycles. The van der Waals surface area contributed by atoms with Crippen LogP contribution >= 0.6 is 0 Å². The van der Waals surface area contributed by atoms with Crippen LogP contribution in [0.3, 0.4) is 0 Å². The molecule has 0 radical (unpaired) electrons. The lowest BCUT2D eigenvalue weighted by Crippen LogP contribution is -2.05. The van der Waals surface area contributed by atoms with E-state index in [0.29, 0.717) is 29.4 Å². The van der Waals surface area contributed by atoms with Gasteiger partial charge in [0.15, 0.2) is 11.5 Å². The van der Waals surface area contributed by atoms with Crippen molar-refractivity contribution in [2.24, 2.45) is 7.05 Å². The van der Waals surface area contributed by atoms with E-state index in [1.807, 2.05) is 26.1 Å². The molecule has 0 aliphatic carbocycles. The van der Waals surface area contributed by atoms with E-state index in [1.54, 1.807) is 28.9 Å². The first kappa shape index (κ1) is 19.4. The number of aromatic nitrogens is 4. The number of aromatic carboxylic acids is 1. The summed E-state index contributed by atoms with van der Waals surface area (Å²) in [6.45, 7) is 2.55. The summed E-state index contributed by atoms with van der Waals surface area (Å²) in [6.07, 6.45) is 0.737. The number of anilines is 1. The number of benzene rings is 2. The summed E-state index contributed by atoms with van der Waals surface area (Å²) < 4.78 is 1.73. The SMILES string of the molecule is CCc1nn(C)c2nc(-c3ccc(C(=O)O)cc3)nc(NCc3ccc(O)cc3)c12. The molecule has 4 rings (SSSR count). The summed E-state index contributed by atoms with van der Waals surface area (Å²) in [6, 6.07) is 13.4. The van der Waals surface area contributed by atoms with E-state index < -0.39 is 5.97 Å². The number of rotatable bonds is 6. The highest BCUT2D eigenvalue weighted by atomic mass is 16.4. The predicted octanol–water partition coefficient (Wildman–Crippen LogP) is 3.61. The van der Waals surface area contributed by atoms with Gasteiger partial charge in [-0.2, -0.15) is 5.10 Å². The number of nitrogens with zero attached hydrogens (tertiary/aromatic N) is 4. The third-order valence-corrected chi connectivity index (χ3v) is 4.88. The Kier molecular flexibility index (Phi) is 5.05. The Morgan fingerprint density at radius 2 is 1.77 bits per heavy atom. The van der Waals surface area contributed by atoms with Crippen LogP contribution in [0.25, 0.3) is 22.4 Å². The zero-order valence-corrected chi connectivity index (χ0v) is 16.6. The average molecular weight is 403 g/mol. The van der Waals surface area contributed by atoms with E-state index in [-0.39, 0.29) is 11.3 Å². The van der Waals surface area contributed by atoms with Crippen LogP contribution in [0.5, 0.6) is 5.75 Å². The van der Waals surface area contributed by atoms with Crippen LogP contribution < -0.4 is 5.32 Å². The fraction of sp³-hybridized carbons (Fsp3) is 0.182. The van der Waals surface area contributed by atoms with Gasteiger partial charge in [-0.3, -0.25) is 0 Å². The van der Waals surface area contributed by atoms with E-state index in [0.717, 1.165) is 23.1 Å². The molecule has 0 unspecified atom stereocenters. The molecule has 0 spiro atoms. The second kappa shape index (κ2) is 7.82. The molecule has 0 amide bonds. The van der Waals surface area contributed by atoms with Gasteiger partial charge in [-0.25, -0.2) is 19.4 Å². The first-order valence-electron chi connectivity index (χ1n) is 9.55. The number of hydrogen-bond acceptors (Lipinski definition) is 6. The Morgan fingerprint density at radius 1 is 1.07 bits per heavy atom. The van der Waals surface area contributed by atoms with E-state index in [1.165, 1.54) is 12.1 Å². The van der Waals surface area contributed by atoms with Crippen molar-refractivity contribution in [3.8, 4) is 17.1 Å². The van der Waals surface area contributed by atoms with Gasteiger partial charge in [-0.05, 0) is 36.2 Å². The molecule has 3 N–H and O–H groups in total. The number of phenols is 1. The summed E-state index contributed by atoms with van der Waals surface area (Å²) in [5, 5.41) is 27.4. The minimum absolute atomic E-state index is 0.208. The Labute approximate surface area is 172 Å². The number of carboxylic acids is 1. The Hall–Kier alpha value is -3.94. The van der Waals surface area contributed by atoms with Crippen molar-refractivity contribution in [1.82, 2.24) is 19.7 Å². The monoisotopic (exact) mass is 403 g/mol. The predicted molar refractivity (Wildman–Crippen MR) is 114 cm³/mol. The van der Waals surface area contributed by atoms with Crippen LogP contribution in [-0.4, -0.2) is 35.9 Å². The van der Waals surface area contributed by atoms with Crippen molar-refractivity contribution >= 4 is 22.8 Å². The molecule has 4 aromatic rings. The Bertz CT molecular complexity index is 1210. The van der Waals surface area contributed by atoms with Crippen molar-refractivity contribution < 1.29 is 15.0 Å². The molecular weight excluding hydrogens is 382 g/mol. The zero-order valence-electron chi connectivity index (χ0n) is 16.6. The van der Waals surface area contributed by atoms with Crippen molar-refractivity contribution in [3.63, 3.8) is 0 Å². The molecule has 2 aromatic carbocycles. The lowest BCUT2D eigenvalue weighted by molar-refractivity contribution is 0.0697. The molecule has 8 heteroatoms. The lowest BCUT2D eigenvalue weighted by atomic mass is 10.1. The molecule has 0 fully saturated rings. The summed E-state index contributed by atoms with van der Waals surface area (Å²) >= 11 is 0. The highest BCUT2D eigenvalue weighted by Gasteiger charge is 2.17. The second-order valence-electron chi connectivity index (χ2n) is 6.92. The minimum atomic E-state index is -0.978. The van der Waals surface area contributed by atoms with E-state index in [4.69, 9.17) is 10.1 Å². The van der Waals surface area contributed by atoms with Crippen LogP contribution in [0.4, 0.5) is 5.82 Å². The number of hydrogen-bond donors (Lipinski definition) is 3. The summed E-state index contributed by atoms with van der Waals surface area (Å²) in [4.78, 5) is 20.5. The maximum Gasteiger partial charge on any atom is 0.335 e. The number of nitrogens with one attached hydrogen (secondary N) is 1. The summed E-state index contributed by atoms with van der Waals surface area (Å²) in [7, 11) is 1.84. The molecule has 0 aliphatic rings. The third kappa shape index (κ3) is 3.67. The van der Waals surface area contributed by atoms with Gasteiger partial charge >= 0.3 is 5.97 Å². The lowest BCUT2D eigenvalue weighted by Gasteiger charge is -2.10. The van der Waals surface area contributed by atoms with Crippen molar-refractivity contribution in [3.05, 3.63) is 65.4 Å². The number of aryl methyl sites for hydroxylation is 2. The molecule has 0 aliphatic heterocycles. The smallest absolute Gasteiger partial charge is 0.335 e. The largest absolute Gasteiger partial charge is 0.508 e. The second-order valence-corrected chi connectivity index (χ2v) is 6.92.